The summed E-state index contributed by atoms with van der Waals surface area (Å²) in [5.41, 5.74) is 1.35. The first-order valence-corrected chi connectivity index (χ1v) is 8.71. The highest BCUT2D eigenvalue weighted by molar-refractivity contribution is 7.09. The van der Waals surface area contributed by atoms with Gasteiger partial charge in [-0.15, -0.1) is 0 Å². The molecule has 3 fully saturated rings. The third-order valence-electron chi connectivity index (χ3n) is 4.59. The van der Waals surface area contributed by atoms with Gasteiger partial charge in [-0.2, -0.15) is 4.37 Å². The molecule has 0 saturated carbocycles. The van der Waals surface area contributed by atoms with Crippen LogP contribution in [0.15, 0.2) is 24.5 Å². The van der Waals surface area contributed by atoms with Crippen LogP contribution in [0.3, 0.4) is 0 Å². The predicted molar refractivity (Wildman–Crippen MR) is 88.2 cm³/mol. The number of piperidine rings is 1. The number of hydrogen-bond acceptors (Lipinski definition) is 6. The second-order valence-electron chi connectivity index (χ2n) is 6.59. The fourth-order valence-electron chi connectivity index (χ4n) is 3.45. The zero-order valence-electron chi connectivity index (χ0n) is 13.0. The summed E-state index contributed by atoms with van der Waals surface area (Å²) in [5.74, 6) is 1.40. The summed E-state index contributed by atoms with van der Waals surface area (Å²) in [6.45, 7) is 7.57. The second-order valence-corrected chi connectivity index (χ2v) is 7.32. The van der Waals surface area contributed by atoms with E-state index in [9.17, 15) is 0 Å². The molecule has 2 unspecified atom stereocenters. The second kappa shape index (κ2) is 5.59. The molecule has 22 heavy (non-hydrogen) atoms. The van der Waals surface area contributed by atoms with Crippen LogP contribution in [0.5, 0.6) is 0 Å². The number of pyridine rings is 1. The lowest BCUT2D eigenvalue weighted by molar-refractivity contribution is 0.108. The highest BCUT2D eigenvalue weighted by Gasteiger charge is 2.45. The number of nitrogens with zero attached hydrogens (tertiary/aromatic N) is 5. The van der Waals surface area contributed by atoms with Gasteiger partial charge in [0.15, 0.2) is 0 Å². The summed E-state index contributed by atoms with van der Waals surface area (Å²) in [6.07, 6.45) is 5.05. The van der Waals surface area contributed by atoms with Gasteiger partial charge < -0.3 is 4.90 Å². The minimum absolute atomic E-state index is 0.411. The van der Waals surface area contributed by atoms with E-state index >= 15 is 0 Å². The van der Waals surface area contributed by atoms with Gasteiger partial charge in [0, 0.05) is 61.6 Å². The molecule has 5 nitrogen and oxygen atoms in total. The first kappa shape index (κ1) is 14.1. The molecule has 0 aromatic carbocycles. The van der Waals surface area contributed by atoms with E-state index in [-0.39, 0.29) is 0 Å². The number of hydrogen-bond donors (Lipinski definition) is 0. The fraction of sp³-hybridized carbons (Fsp3) is 0.562. The van der Waals surface area contributed by atoms with E-state index in [0.717, 1.165) is 30.6 Å². The number of aromatic nitrogens is 3. The molecule has 0 amide bonds. The standard InChI is InChI=1S/C16H21N5S/c1-11(2)15-18-16(22-19-15)21-13-7-14(21)10-20(9-13)8-12-3-5-17-6-4-12/h3-6,11,13-14H,7-10H2,1-2H3. The molecule has 116 valence electrons. The van der Waals surface area contributed by atoms with Crippen molar-refractivity contribution < 1.29 is 0 Å². The Kier molecular flexibility index (Phi) is 3.58. The van der Waals surface area contributed by atoms with Gasteiger partial charge in [0.1, 0.15) is 5.82 Å². The molecule has 2 aromatic rings. The smallest absolute Gasteiger partial charge is 0.205 e. The van der Waals surface area contributed by atoms with E-state index in [2.05, 4.69) is 45.1 Å². The largest absolute Gasteiger partial charge is 0.338 e. The topological polar surface area (TPSA) is 45.2 Å². The molecule has 3 aliphatic heterocycles. The van der Waals surface area contributed by atoms with Crippen LogP contribution in [0.4, 0.5) is 5.13 Å². The van der Waals surface area contributed by atoms with E-state index in [1.54, 1.807) is 11.5 Å². The zero-order valence-corrected chi connectivity index (χ0v) is 13.8. The molecule has 0 N–H and O–H groups in total. The van der Waals surface area contributed by atoms with Crippen molar-refractivity contribution in [2.45, 2.75) is 44.8 Å². The molecule has 6 heteroatoms. The van der Waals surface area contributed by atoms with Crippen LogP contribution in [-0.2, 0) is 6.54 Å². The Balaban J connectivity index is 1.42. The highest BCUT2D eigenvalue weighted by Crippen LogP contribution is 2.38. The fourth-order valence-corrected chi connectivity index (χ4v) is 4.40. The van der Waals surface area contributed by atoms with Crippen molar-refractivity contribution in [1.29, 1.82) is 0 Å². The Morgan fingerprint density at radius 1 is 1.23 bits per heavy atom. The maximum Gasteiger partial charge on any atom is 0.205 e. The molecule has 3 aliphatic rings. The Morgan fingerprint density at radius 3 is 2.59 bits per heavy atom. The van der Waals surface area contributed by atoms with Crippen LogP contribution in [-0.4, -0.2) is 44.4 Å². The van der Waals surface area contributed by atoms with Crippen LogP contribution in [0.2, 0.25) is 0 Å². The van der Waals surface area contributed by atoms with Gasteiger partial charge in [-0.05, 0) is 24.1 Å². The van der Waals surface area contributed by atoms with Crippen LogP contribution in [0, 0.1) is 0 Å². The minimum Gasteiger partial charge on any atom is -0.338 e. The maximum atomic E-state index is 4.73. The lowest BCUT2D eigenvalue weighted by Gasteiger charge is -2.56. The van der Waals surface area contributed by atoms with Crippen LogP contribution >= 0.6 is 11.5 Å². The van der Waals surface area contributed by atoms with Gasteiger partial charge in [0.05, 0.1) is 0 Å². The quantitative estimate of drug-likeness (QED) is 0.867. The molecule has 0 radical (unpaired) electrons. The van der Waals surface area contributed by atoms with Crippen molar-refractivity contribution in [3.05, 3.63) is 35.9 Å². The molecule has 3 saturated heterocycles. The zero-order chi connectivity index (χ0) is 15.1. The monoisotopic (exact) mass is 315 g/mol. The summed E-state index contributed by atoms with van der Waals surface area (Å²) in [6, 6.07) is 5.43. The van der Waals surface area contributed by atoms with Gasteiger partial charge in [-0.1, -0.05) is 13.8 Å². The average Bonchev–Trinajstić information content (AvgIpc) is 2.97. The normalized spacial score (nSPS) is 24.6. The molecule has 0 aliphatic carbocycles. The number of rotatable bonds is 4. The van der Waals surface area contributed by atoms with E-state index < -0.39 is 0 Å². The lowest BCUT2D eigenvalue weighted by atomic mass is 9.88. The molecule has 0 spiro atoms. The van der Waals surface area contributed by atoms with Gasteiger partial charge >= 0.3 is 0 Å². The van der Waals surface area contributed by atoms with Crippen molar-refractivity contribution >= 4 is 16.7 Å². The Bertz CT molecular complexity index is 629. The van der Waals surface area contributed by atoms with E-state index in [0.29, 0.717) is 18.0 Å². The third kappa shape index (κ3) is 2.50. The van der Waals surface area contributed by atoms with E-state index in [4.69, 9.17) is 4.98 Å². The van der Waals surface area contributed by atoms with Gasteiger partial charge in [-0.3, -0.25) is 9.88 Å². The number of piperazine rings is 1. The summed E-state index contributed by atoms with van der Waals surface area (Å²) < 4.78 is 4.50. The van der Waals surface area contributed by atoms with Crippen molar-refractivity contribution in [2.75, 3.05) is 18.0 Å². The first-order valence-electron chi connectivity index (χ1n) is 7.94. The molecule has 2 atom stereocenters. The van der Waals surface area contributed by atoms with Crippen LogP contribution < -0.4 is 4.90 Å². The molecule has 5 rings (SSSR count). The highest BCUT2D eigenvalue weighted by atomic mass is 32.1. The lowest BCUT2D eigenvalue weighted by Crippen LogP contribution is -2.68. The molecule has 2 bridgehead atoms. The summed E-state index contributed by atoms with van der Waals surface area (Å²) in [4.78, 5) is 13.9. The maximum absolute atomic E-state index is 4.73. The molecule has 2 aromatic heterocycles. The first-order chi connectivity index (χ1) is 10.7. The predicted octanol–water partition coefficient (Wildman–Crippen LogP) is 2.52. The number of fused-ring (bicyclic) bond motifs is 2. The van der Waals surface area contributed by atoms with Crippen molar-refractivity contribution in [1.82, 2.24) is 19.2 Å². The molecular weight excluding hydrogens is 294 g/mol. The van der Waals surface area contributed by atoms with Gasteiger partial charge in [0.2, 0.25) is 5.13 Å². The van der Waals surface area contributed by atoms with Crippen molar-refractivity contribution in [3.63, 3.8) is 0 Å². The Labute approximate surface area is 135 Å². The van der Waals surface area contributed by atoms with Gasteiger partial charge in [-0.25, -0.2) is 4.98 Å². The van der Waals surface area contributed by atoms with Crippen molar-refractivity contribution in [3.8, 4) is 0 Å². The van der Waals surface area contributed by atoms with Gasteiger partial charge in [0.25, 0.3) is 0 Å². The van der Waals surface area contributed by atoms with Crippen LogP contribution in [0.25, 0.3) is 0 Å². The number of anilines is 1. The third-order valence-corrected chi connectivity index (χ3v) is 5.34. The SMILES string of the molecule is CC(C)c1nsc(N2C3CC2CN(Cc2ccncc2)C3)n1. The summed E-state index contributed by atoms with van der Waals surface area (Å²) in [5, 5.41) is 1.12. The van der Waals surface area contributed by atoms with E-state index in [1.165, 1.54) is 12.0 Å². The molecule has 5 heterocycles. The summed E-state index contributed by atoms with van der Waals surface area (Å²) >= 11 is 1.56. The van der Waals surface area contributed by atoms with E-state index in [1.807, 2.05) is 12.4 Å². The van der Waals surface area contributed by atoms with Crippen molar-refractivity contribution in [2.24, 2.45) is 0 Å². The Hall–Kier alpha value is -1.53. The van der Waals surface area contributed by atoms with Crippen LogP contribution in [0.1, 0.15) is 37.6 Å². The Morgan fingerprint density at radius 2 is 1.95 bits per heavy atom. The minimum atomic E-state index is 0.411. The average molecular weight is 315 g/mol. The summed E-state index contributed by atoms with van der Waals surface area (Å²) in [7, 11) is 0. The molecular formula is C16H21N5S.